The maximum absolute atomic E-state index is 11.9. The minimum Gasteiger partial charge on any atom is -0.381 e. The van der Waals surface area contributed by atoms with E-state index in [1.54, 1.807) is 0 Å². The highest BCUT2D eigenvalue weighted by Gasteiger charge is 2.41. The number of rotatable bonds is 0. The van der Waals surface area contributed by atoms with Crippen LogP contribution in [0.15, 0.2) is 5.10 Å². The lowest BCUT2D eigenvalue weighted by molar-refractivity contribution is -0.239. The molecule has 0 saturated heterocycles. The second-order valence-corrected chi connectivity index (χ2v) is 2.68. The van der Waals surface area contributed by atoms with Crippen LogP contribution in [0.1, 0.15) is 0 Å². The molecule has 0 amide bonds. The first-order chi connectivity index (χ1) is 5.45. The summed E-state index contributed by atoms with van der Waals surface area (Å²) in [6.45, 7) is -0.580. The summed E-state index contributed by atoms with van der Waals surface area (Å²) in [7, 11) is 0. The van der Waals surface area contributed by atoms with Crippen molar-refractivity contribution < 1.29 is 17.4 Å². The van der Waals surface area contributed by atoms with Gasteiger partial charge in [0, 0.05) is 0 Å². The Morgan fingerprint density at radius 1 is 1.58 bits per heavy atom. The molecule has 2 N–H and O–H groups in total. The lowest BCUT2D eigenvalue weighted by Crippen LogP contribution is -2.33. The van der Waals surface area contributed by atoms with Gasteiger partial charge in [0.05, 0.1) is 17.8 Å². The minimum atomic E-state index is -4.57. The van der Waals surface area contributed by atoms with Gasteiger partial charge in [-0.05, 0) is 0 Å². The summed E-state index contributed by atoms with van der Waals surface area (Å²) in [4.78, 5) is -0.104. The SMILES string of the molecule is NC1=NN(C(F)(F)F)CC1=S=O. The zero-order valence-electron chi connectivity index (χ0n) is 5.63. The highest BCUT2D eigenvalue weighted by Crippen LogP contribution is 2.23. The average Bonchev–Trinajstić information content (AvgIpc) is 2.29. The van der Waals surface area contributed by atoms with Crippen molar-refractivity contribution in [2.45, 2.75) is 6.30 Å². The van der Waals surface area contributed by atoms with Crippen LogP contribution in [0.2, 0.25) is 0 Å². The molecule has 1 aliphatic rings. The van der Waals surface area contributed by atoms with Gasteiger partial charge in [-0.3, -0.25) is 0 Å². The summed E-state index contributed by atoms with van der Waals surface area (Å²) >= 11 is -0.0704. The van der Waals surface area contributed by atoms with Crippen LogP contribution in [-0.4, -0.2) is 32.8 Å². The van der Waals surface area contributed by atoms with Gasteiger partial charge in [-0.1, -0.05) is 0 Å². The fraction of sp³-hybridized carbons (Fsp3) is 0.500. The molecule has 0 aromatic carbocycles. The smallest absolute Gasteiger partial charge is 0.381 e. The lowest BCUT2D eigenvalue weighted by Gasteiger charge is -2.15. The summed E-state index contributed by atoms with van der Waals surface area (Å²) in [5.41, 5.74) is 5.03. The zero-order chi connectivity index (χ0) is 9.35. The molecule has 0 saturated carbocycles. The van der Waals surface area contributed by atoms with Gasteiger partial charge in [0.1, 0.15) is 4.86 Å². The van der Waals surface area contributed by atoms with Gasteiger partial charge < -0.3 is 5.73 Å². The fourth-order valence-electron chi connectivity index (χ4n) is 0.654. The van der Waals surface area contributed by atoms with Gasteiger partial charge in [-0.25, -0.2) is 4.21 Å². The van der Waals surface area contributed by atoms with Gasteiger partial charge in [0.2, 0.25) is 0 Å². The summed E-state index contributed by atoms with van der Waals surface area (Å²) in [6.07, 6.45) is -4.57. The molecule has 0 unspecified atom stereocenters. The molecular weight excluding hydrogens is 195 g/mol. The molecule has 1 rings (SSSR count). The number of nitrogens with two attached hydrogens (primary N) is 1. The number of hydrazone groups is 1. The summed E-state index contributed by atoms with van der Waals surface area (Å²) in [5.74, 6) is -0.354. The Balaban J connectivity index is 2.87. The number of hydrogen-bond donors (Lipinski definition) is 1. The number of amidine groups is 1. The largest absolute Gasteiger partial charge is 0.500 e. The van der Waals surface area contributed by atoms with Crippen molar-refractivity contribution in [3.63, 3.8) is 0 Å². The van der Waals surface area contributed by atoms with Crippen LogP contribution >= 0.6 is 0 Å². The van der Waals surface area contributed by atoms with Crippen molar-refractivity contribution in [3.05, 3.63) is 0 Å². The van der Waals surface area contributed by atoms with Crippen LogP contribution < -0.4 is 5.73 Å². The standard InChI is InChI=1S/C4H4F3N3OS/c5-4(6,7)10-1-2(12-11)3(8)9-10/h1H2,(H2,8,9). The highest BCUT2D eigenvalue weighted by atomic mass is 32.1. The third-order valence-corrected chi connectivity index (χ3v) is 1.74. The van der Waals surface area contributed by atoms with Gasteiger partial charge in [-0.15, -0.1) is 13.2 Å². The van der Waals surface area contributed by atoms with Crippen molar-refractivity contribution in [2.75, 3.05) is 6.54 Å². The molecule has 0 aromatic heterocycles. The van der Waals surface area contributed by atoms with Crippen molar-refractivity contribution in [1.82, 2.24) is 5.01 Å². The van der Waals surface area contributed by atoms with Crippen molar-refractivity contribution in [2.24, 2.45) is 10.8 Å². The van der Waals surface area contributed by atoms with Crippen LogP contribution in [0.3, 0.4) is 0 Å². The third-order valence-electron chi connectivity index (χ3n) is 1.20. The van der Waals surface area contributed by atoms with E-state index in [9.17, 15) is 17.4 Å². The first-order valence-corrected chi connectivity index (χ1v) is 3.53. The molecule has 0 spiro atoms. The van der Waals surface area contributed by atoms with Crippen LogP contribution in [0.5, 0.6) is 0 Å². The number of hydrogen-bond acceptors (Lipinski definition) is 4. The van der Waals surface area contributed by atoms with Crippen molar-refractivity contribution in [3.8, 4) is 0 Å². The van der Waals surface area contributed by atoms with Gasteiger partial charge >= 0.3 is 6.30 Å². The number of alkyl halides is 3. The quantitative estimate of drug-likeness (QED) is 0.422. The zero-order valence-corrected chi connectivity index (χ0v) is 6.45. The lowest BCUT2D eigenvalue weighted by atomic mass is 10.4. The van der Waals surface area contributed by atoms with E-state index in [0.717, 1.165) is 0 Å². The molecule has 4 nitrogen and oxygen atoms in total. The first-order valence-electron chi connectivity index (χ1n) is 2.79. The van der Waals surface area contributed by atoms with Gasteiger partial charge in [0.15, 0.2) is 5.84 Å². The highest BCUT2D eigenvalue weighted by molar-refractivity contribution is 7.68. The van der Waals surface area contributed by atoms with Crippen molar-refractivity contribution in [1.29, 1.82) is 0 Å². The second kappa shape index (κ2) is 2.77. The van der Waals surface area contributed by atoms with E-state index in [1.807, 2.05) is 0 Å². The van der Waals surface area contributed by atoms with Crippen LogP contribution in [0, 0.1) is 0 Å². The Bertz CT molecular complexity index is 280. The molecule has 1 aliphatic heterocycles. The van der Waals surface area contributed by atoms with E-state index in [1.165, 1.54) is 0 Å². The molecule has 0 aliphatic carbocycles. The Morgan fingerprint density at radius 3 is 2.42 bits per heavy atom. The molecular formula is C4H4F3N3OS. The Morgan fingerprint density at radius 2 is 2.17 bits per heavy atom. The van der Waals surface area contributed by atoms with Gasteiger partial charge in [0.25, 0.3) is 0 Å². The summed E-state index contributed by atoms with van der Waals surface area (Å²) in [6, 6.07) is 0. The molecule has 0 fully saturated rings. The molecule has 1 heterocycles. The van der Waals surface area contributed by atoms with E-state index in [2.05, 4.69) is 5.10 Å². The van der Waals surface area contributed by atoms with E-state index in [-0.39, 0.29) is 27.0 Å². The third kappa shape index (κ3) is 1.58. The normalized spacial score (nSPS) is 18.1. The van der Waals surface area contributed by atoms with E-state index < -0.39 is 12.8 Å². The summed E-state index contributed by atoms with van der Waals surface area (Å²) < 4.78 is 45.8. The van der Waals surface area contributed by atoms with E-state index >= 15 is 0 Å². The predicted octanol–water partition coefficient (Wildman–Crippen LogP) is -0.521. The van der Waals surface area contributed by atoms with Gasteiger partial charge in [-0.2, -0.15) is 10.1 Å². The first kappa shape index (κ1) is 9.04. The second-order valence-electron chi connectivity index (χ2n) is 2.02. The molecule has 0 bridgehead atoms. The molecule has 0 aromatic rings. The van der Waals surface area contributed by atoms with Crippen molar-refractivity contribution >= 4 is 22.0 Å². The molecule has 0 atom stereocenters. The molecule has 12 heavy (non-hydrogen) atoms. The number of halogens is 3. The Kier molecular flexibility index (Phi) is 2.09. The van der Waals surface area contributed by atoms with E-state index in [0.29, 0.717) is 0 Å². The fourth-order valence-corrected chi connectivity index (χ4v) is 0.955. The minimum absolute atomic E-state index is 0.0704. The maximum Gasteiger partial charge on any atom is 0.500 e. The molecule has 0 radical (unpaired) electrons. The van der Waals surface area contributed by atoms with Crippen LogP contribution in [0.25, 0.3) is 0 Å². The molecule has 8 heteroatoms. The number of nitrogens with zero attached hydrogens (tertiary/aromatic N) is 2. The van der Waals surface area contributed by atoms with Crippen LogP contribution in [0.4, 0.5) is 13.2 Å². The van der Waals surface area contributed by atoms with E-state index in [4.69, 9.17) is 5.73 Å². The Hall–Kier alpha value is -1.05. The Labute approximate surface area is 68.9 Å². The monoisotopic (exact) mass is 199 g/mol. The topological polar surface area (TPSA) is 58.7 Å². The average molecular weight is 199 g/mol. The molecule has 68 valence electrons. The van der Waals surface area contributed by atoms with Crippen LogP contribution in [-0.2, 0) is 11.3 Å². The maximum atomic E-state index is 11.9. The summed E-state index contributed by atoms with van der Waals surface area (Å²) in [5, 5.41) is 2.78. The predicted molar refractivity (Wildman–Crippen MR) is 37.5 cm³/mol.